The van der Waals surface area contributed by atoms with Gasteiger partial charge in [-0.1, -0.05) is 11.3 Å². The number of alkyl halides is 3. The number of ether oxygens (including phenoxy) is 1. The van der Waals surface area contributed by atoms with Crippen LogP contribution in [0.2, 0.25) is 0 Å². The molecule has 0 radical (unpaired) electrons. The van der Waals surface area contributed by atoms with E-state index in [1.807, 2.05) is 0 Å². The lowest BCUT2D eigenvalue weighted by Gasteiger charge is -2.28. The van der Waals surface area contributed by atoms with Crippen LogP contribution in [0.25, 0.3) is 10.2 Å². The summed E-state index contributed by atoms with van der Waals surface area (Å²) in [5.41, 5.74) is -3.88. The zero-order chi connectivity index (χ0) is 23.0. The second-order valence-electron chi connectivity index (χ2n) is 6.55. The lowest BCUT2D eigenvalue weighted by molar-refractivity contribution is -0.267. The Morgan fingerprint density at radius 2 is 1.84 bits per heavy atom. The molecule has 3 aromatic rings. The number of nitrogens with one attached hydrogen (secondary N) is 1. The van der Waals surface area contributed by atoms with E-state index in [9.17, 15) is 32.3 Å². The van der Waals surface area contributed by atoms with Gasteiger partial charge in [-0.2, -0.15) is 13.2 Å². The Labute approximate surface area is 177 Å². The van der Waals surface area contributed by atoms with Gasteiger partial charge in [-0.3, -0.25) is 10.1 Å². The number of rotatable bonds is 5. The van der Waals surface area contributed by atoms with E-state index in [0.717, 1.165) is 35.6 Å². The standard InChI is InChI=1S/C20H16F4N2O4S/c1-3-30-17(28)19(29,20(22,23)24)12-8-10(2)15-14(9-12)31-18(25-15)26-16(27)11-4-6-13(21)7-5-11/h4-9,29H,3H2,1-2H3,(H,25,26,27)/t19-/m1/s1. The number of hydrogen-bond donors (Lipinski definition) is 2. The van der Waals surface area contributed by atoms with E-state index >= 15 is 0 Å². The lowest BCUT2D eigenvalue weighted by Crippen LogP contribution is -2.50. The van der Waals surface area contributed by atoms with E-state index in [4.69, 9.17) is 0 Å². The molecule has 0 saturated heterocycles. The molecule has 2 N–H and O–H groups in total. The Bertz CT molecular complexity index is 1140. The highest BCUT2D eigenvalue weighted by Crippen LogP contribution is 2.42. The van der Waals surface area contributed by atoms with Gasteiger partial charge in [0.25, 0.3) is 11.5 Å². The molecule has 164 valence electrons. The molecule has 0 aliphatic heterocycles. The summed E-state index contributed by atoms with van der Waals surface area (Å²) < 4.78 is 58.6. The maximum absolute atomic E-state index is 13.6. The van der Waals surface area contributed by atoms with Crippen LogP contribution in [0.4, 0.5) is 22.7 Å². The molecule has 0 fully saturated rings. The van der Waals surface area contributed by atoms with Crippen LogP contribution in [0.15, 0.2) is 36.4 Å². The number of fused-ring (bicyclic) bond motifs is 1. The predicted octanol–water partition coefficient (Wildman–Crippen LogP) is 4.31. The number of aliphatic hydroxyl groups is 1. The van der Waals surface area contributed by atoms with E-state index in [2.05, 4.69) is 15.0 Å². The van der Waals surface area contributed by atoms with Crippen molar-refractivity contribution < 1.29 is 37.0 Å². The largest absolute Gasteiger partial charge is 0.463 e. The Kier molecular flexibility index (Phi) is 6.01. The fourth-order valence-electron chi connectivity index (χ4n) is 2.86. The van der Waals surface area contributed by atoms with Crippen LogP contribution in [-0.4, -0.2) is 34.8 Å². The summed E-state index contributed by atoms with van der Waals surface area (Å²) >= 11 is 0.856. The van der Waals surface area contributed by atoms with E-state index < -0.39 is 35.0 Å². The van der Waals surface area contributed by atoms with Gasteiger partial charge in [0.15, 0.2) is 5.13 Å². The molecule has 2 aromatic carbocycles. The van der Waals surface area contributed by atoms with Crippen LogP contribution in [0, 0.1) is 12.7 Å². The number of esters is 1. The Balaban J connectivity index is 2.01. The molecule has 6 nitrogen and oxygen atoms in total. The normalized spacial score (nSPS) is 13.6. The highest BCUT2D eigenvalue weighted by atomic mass is 32.1. The maximum Gasteiger partial charge on any atom is 0.432 e. The molecule has 11 heteroatoms. The lowest BCUT2D eigenvalue weighted by atomic mass is 9.91. The van der Waals surface area contributed by atoms with E-state index in [1.165, 1.54) is 26.0 Å². The average Bonchev–Trinajstić information content (AvgIpc) is 3.10. The van der Waals surface area contributed by atoms with Crippen molar-refractivity contribution in [1.29, 1.82) is 0 Å². The number of carbonyl (C=O) groups is 2. The molecule has 0 saturated carbocycles. The molecule has 0 spiro atoms. The molecule has 0 aliphatic rings. The van der Waals surface area contributed by atoms with Crippen molar-refractivity contribution in [2.75, 3.05) is 11.9 Å². The van der Waals surface area contributed by atoms with Gasteiger partial charge in [0.05, 0.1) is 16.8 Å². The number of benzene rings is 2. The molecular formula is C20H16F4N2O4S. The molecule has 1 aromatic heterocycles. The minimum Gasteiger partial charge on any atom is -0.463 e. The Morgan fingerprint density at radius 1 is 1.19 bits per heavy atom. The number of nitrogens with zero attached hydrogens (tertiary/aromatic N) is 1. The first-order chi connectivity index (χ1) is 14.5. The predicted molar refractivity (Wildman–Crippen MR) is 105 cm³/mol. The smallest absolute Gasteiger partial charge is 0.432 e. The minimum atomic E-state index is -5.33. The van der Waals surface area contributed by atoms with Crippen molar-refractivity contribution in [1.82, 2.24) is 4.98 Å². The summed E-state index contributed by atoms with van der Waals surface area (Å²) in [5.74, 6) is -2.94. The molecule has 1 atom stereocenters. The highest BCUT2D eigenvalue weighted by Gasteiger charge is 2.62. The second kappa shape index (κ2) is 8.23. The summed E-state index contributed by atoms with van der Waals surface area (Å²) in [7, 11) is 0. The molecule has 0 aliphatic carbocycles. The number of anilines is 1. The van der Waals surface area contributed by atoms with Crippen molar-refractivity contribution in [2.45, 2.75) is 25.6 Å². The van der Waals surface area contributed by atoms with Crippen molar-refractivity contribution in [3.8, 4) is 0 Å². The van der Waals surface area contributed by atoms with Crippen molar-refractivity contribution in [3.63, 3.8) is 0 Å². The summed E-state index contributed by atoms with van der Waals surface area (Å²) in [6, 6.07) is 6.73. The number of thiazole rings is 1. The number of halogens is 4. The first-order valence-electron chi connectivity index (χ1n) is 8.92. The average molecular weight is 456 g/mol. The zero-order valence-electron chi connectivity index (χ0n) is 16.2. The van der Waals surface area contributed by atoms with Crippen molar-refractivity contribution in [2.24, 2.45) is 0 Å². The molecular weight excluding hydrogens is 440 g/mol. The third-order valence-electron chi connectivity index (χ3n) is 4.41. The van der Waals surface area contributed by atoms with E-state index in [-0.39, 0.29) is 33.1 Å². The zero-order valence-corrected chi connectivity index (χ0v) is 17.0. The molecule has 0 unspecified atom stereocenters. The summed E-state index contributed by atoms with van der Waals surface area (Å²) in [6.07, 6.45) is -5.33. The first-order valence-corrected chi connectivity index (χ1v) is 9.74. The highest BCUT2D eigenvalue weighted by molar-refractivity contribution is 7.22. The van der Waals surface area contributed by atoms with E-state index in [0.29, 0.717) is 0 Å². The van der Waals surface area contributed by atoms with Gasteiger partial charge in [0.2, 0.25) is 0 Å². The maximum atomic E-state index is 13.6. The number of carbonyl (C=O) groups excluding carboxylic acids is 2. The third-order valence-corrected chi connectivity index (χ3v) is 5.33. The van der Waals surface area contributed by atoms with Gasteiger partial charge in [-0.25, -0.2) is 14.2 Å². The molecule has 1 heterocycles. The van der Waals surface area contributed by atoms with Gasteiger partial charge in [0, 0.05) is 11.1 Å². The van der Waals surface area contributed by atoms with Crippen molar-refractivity contribution in [3.05, 3.63) is 58.9 Å². The third kappa shape index (κ3) is 4.23. The molecule has 1 amide bonds. The molecule has 0 bridgehead atoms. The van der Waals surface area contributed by atoms with Crippen LogP contribution in [0.5, 0.6) is 0 Å². The monoisotopic (exact) mass is 456 g/mol. The molecule has 3 rings (SSSR count). The minimum absolute atomic E-state index is 0.0799. The van der Waals surface area contributed by atoms with Gasteiger partial charge in [-0.15, -0.1) is 0 Å². The van der Waals surface area contributed by atoms with Gasteiger partial charge < -0.3 is 9.84 Å². The Morgan fingerprint density at radius 3 is 2.42 bits per heavy atom. The number of aryl methyl sites for hydroxylation is 1. The fourth-order valence-corrected chi connectivity index (χ4v) is 3.84. The van der Waals surface area contributed by atoms with Crippen molar-refractivity contribution >= 4 is 38.6 Å². The van der Waals surface area contributed by atoms with Crippen LogP contribution >= 0.6 is 11.3 Å². The number of hydrogen-bond acceptors (Lipinski definition) is 6. The van der Waals surface area contributed by atoms with Gasteiger partial charge >= 0.3 is 12.1 Å². The topological polar surface area (TPSA) is 88.5 Å². The van der Waals surface area contributed by atoms with Crippen LogP contribution in [0.3, 0.4) is 0 Å². The second-order valence-corrected chi connectivity index (χ2v) is 7.58. The summed E-state index contributed by atoms with van der Waals surface area (Å²) in [6.45, 7) is 2.43. The fraction of sp³-hybridized carbons (Fsp3) is 0.250. The number of aromatic nitrogens is 1. The first kappa shape index (κ1) is 22.6. The SMILES string of the molecule is CCOC(=O)[C@](O)(c1cc(C)c2nc(NC(=O)c3ccc(F)cc3)sc2c1)C(F)(F)F. The van der Waals surface area contributed by atoms with Gasteiger partial charge in [-0.05, 0) is 55.8 Å². The van der Waals surface area contributed by atoms with Crippen LogP contribution < -0.4 is 5.32 Å². The molecule has 31 heavy (non-hydrogen) atoms. The summed E-state index contributed by atoms with van der Waals surface area (Å²) in [4.78, 5) is 28.5. The summed E-state index contributed by atoms with van der Waals surface area (Å²) in [5, 5.41) is 12.9. The quantitative estimate of drug-likeness (QED) is 0.441. The van der Waals surface area contributed by atoms with Crippen LogP contribution in [0.1, 0.15) is 28.4 Å². The number of amides is 1. The van der Waals surface area contributed by atoms with Crippen LogP contribution in [-0.2, 0) is 15.1 Å². The Hall–Kier alpha value is -3.05. The van der Waals surface area contributed by atoms with E-state index in [1.54, 1.807) is 0 Å². The van der Waals surface area contributed by atoms with Gasteiger partial charge in [0.1, 0.15) is 5.82 Å².